The highest BCUT2D eigenvalue weighted by Gasteiger charge is 2.25. The molecule has 26 heavy (non-hydrogen) atoms. The van der Waals surface area contributed by atoms with Gasteiger partial charge < -0.3 is 15.2 Å². The molecule has 0 atom stereocenters. The molecule has 2 aromatic carbocycles. The number of aryl methyl sites for hydroxylation is 2. The largest absolute Gasteiger partial charge is 0.494 e. The number of carboxylic acid groups (broad SMARTS) is 1. The molecule has 140 valence electrons. The lowest BCUT2D eigenvalue weighted by molar-refractivity contribution is -0.143. The average Bonchev–Trinajstić information content (AvgIpc) is 2.64. The zero-order valence-corrected chi connectivity index (χ0v) is 15.7. The number of carbonyl (C=O) groups is 1. The number of rotatable bonds is 11. The van der Waals surface area contributed by atoms with Crippen LogP contribution in [-0.2, 0) is 17.6 Å². The summed E-state index contributed by atoms with van der Waals surface area (Å²) < 4.78 is 5.80. The second-order valence-electron chi connectivity index (χ2n) is 7.04. The summed E-state index contributed by atoms with van der Waals surface area (Å²) in [5.41, 5.74) is 1.69. The van der Waals surface area contributed by atoms with E-state index in [-0.39, 0.29) is 0 Å². The van der Waals surface area contributed by atoms with Crippen LogP contribution in [0.1, 0.15) is 37.8 Å². The van der Waals surface area contributed by atoms with E-state index in [1.165, 1.54) is 11.1 Å². The molecule has 0 aromatic heterocycles. The molecule has 0 radical (unpaired) electrons. The minimum Gasteiger partial charge on any atom is -0.494 e. The van der Waals surface area contributed by atoms with Gasteiger partial charge in [-0.05, 0) is 69.3 Å². The molecule has 2 aromatic rings. The van der Waals surface area contributed by atoms with Gasteiger partial charge >= 0.3 is 5.97 Å². The molecule has 0 aliphatic heterocycles. The Morgan fingerprint density at radius 1 is 0.962 bits per heavy atom. The Labute approximate surface area is 156 Å². The van der Waals surface area contributed by atoms with Crippen molar-refractivity contribution in [1.29, 1.82) is 0 Å². The molecule has 4 nitrogen and oxygen atoms in total. The standard InChI is InChI=1S/C22H29NO3/c1-22(2,21(24)25)23-16-6-10-19-12-14-20(15-13-19)26-17-7-11-18-8-4-3-5-9-18/h3-5,8-9,12-15,23H,6-7,10-11,16-17H2,1-2H3,(H,24,25). The van der Waals surface area contributed by atoms with Crippen LogP contribution >= 0.6 is 0 Å². The van der Waals surface area contributed by atoms with Crippen LogP contribution in [-0.4, -0.2) is 29.8 Å². The van der Waals surface area contributed by atoms with Crippen LogP contribution in [0, 0.1) is 0 Å². The van der Waals surface area contributed by atoms with E-state index in [4.69, 9.17) is 9.84 Å². The zero-order chi connectivity index (χ0) is 18.8. The SMILES string of the molecule is CC(C)(NCCCc1ccc(OCCCc2ccccc2)cc1)C(=O)O. The first-order valence-corrected chi connectivity index (χ1v) is 9.21. The van der Waals surface area contributed by atoms with E-state index in [9.17, 15) is 4.79 Å². The van der Waals surface area contributed by atoms with Gasteiger partial charge in [0, 0.05) is 0 Å². The average molecular weight is 355 g/mol. The Morgan fingerprint density at radius 3 is 2.23 bits per heavy atom. The molecule has 0 unspecified atom stereocenters. The molecular weight excluding hydrogens is 326 g/mol. The van der Waals surface area contributed by atoms with Crippen molar-refractivity contribution >= 4 is 5.97 Å². The molecule has 0 saturated heterocycles. The summed E-state index contributed by atoms with van der Waals surface area (Å²) in [4.78, 5) is 11.0. The van der Waals surface area contributed by atoms with E-state index in [2.05, 4.69) is 41.7 Å². The van der Waals surface area contributed by atoms with Crippen LogP contribution in [0.4, 0.5) is 0 Å². The fourth-order valence-electron chi connectivity index (χ4n) is 2.63. The lowest BCUT2D eigenvalue weighted by Gasteiger charge is -2.20. The minimum absolute atomic E-state index is 0.678. The first-order chi connectivity index (χ1) is 12.5. The van der Waals surface area contributed by atoms with Crippen LogP contribution in [0.2, 0.25) is 0 Å². The molecule has 0 aliphatic carbocycles. The number of hydrogen-bond acceptors (Lipinski definition) is 3. The quantitative estimate of drug-likeness (QED) is 0.596. The first-order valence-electron chi connectivity index (χ1n) is 9.21. The number of nitrogens with one attached hydrogen (secondary N) is 1. The minimum atomic E-state index is -0.878. The van der Waals surface area contributed by atoms with Crippen molar-refractivity contribution in [3.63, 3.8) is 0 Å². The summed E-state index contributed by atoms with van der Waals surface area (Å²) in [5, 5.41) is 12.1. The van der Waals surface area contributed by atoms with E-state index in [0.29, 0.717) is 13.2 Å². The third-order valence-corrected chi connectivity index (χ3v) is 4.39. The Morgan fingerprint density at radius 2 is 1.58 bits per heavy atom. The van der Waals surface area contributed by atoms with Crippen molar-refractivity contribution < 1.29 is 14.6 Å². The van der Waals surface area contributed by atoms with Crippen LogP contribution < -0.4 is 10.1 Å². The predicted molar refractivity (Wildman–Crippen MR) is 105 cm³/mol. The summed E-state index contributed by atoms with van der Waals surface area (Å²) in [7, 11) is 0. The molecular formula is C22H29NO3. The van der Waals surface area contributed by atoms with Gasteiger partial charge in [0.15, 0.2) is 0 Å². The van der Waals surface area contributed by atoms with Gasteiger partial charge in [-0.15, -0.1) is 0 Å². The number of benzene rings is 2. The van der Waals surface area contributed by atoms with Gasteiger partial charge in [-0.3, -0.25) is 4.79 Å². The van der Waals surface area contributed by atoms with Crippen molar-refractivity contribution in [2.24, 2.45) is 0 Å². The van der Waals surface area contributed by atoms with Crippen LogP contribution in [0.3, 0.4) is 0 Å². The van der Waals surface area contributed by atoms with Gasteiger partial charge in [0.05, 0.1) is 6.61 Å². The normalized spacial score (nSPS) is 11.3. The number of ether oxygens (including phenoxy) is 1. The highest BCUT2D eigenvalue weighted by Crippen LogP contribution is 2.14. The van der Waals surface area contributed by atoms with Gasteiger partial charge in [-0.25, -0.2) is 0 Å². The summed E-state index contributed by atoms with van der Waals surface area (Å²) in [6.07, 6.45) is 3.83. The van der Waals surface area contributed by atoms with Crippen LogP contribution in [0.15, 0.2) is 54.6 Å². The van der Waals surface area contributed by atoms with Crippen molar-refractivity contribution in [2.45, 2.75) is 45.1 Å². The number of hydrogen-bond donors (Lipinski definition) is 2. The van der Waals surface area contributed by atoms with E-state index < -0.39 is 11.5 Å². The molecule has 0 aliphatic rings. The smallest absolute Gasteiger partial charge is 0.323 e. The lowest BCUT2D eigenvalue weighted by atomic mass is 10.1. The second-order valence-corrected chi connectivity index (χ2v) is 7.04. The number of aliphatic carboxylic acids is 1. The highest BCUT2D eigenvalue weighted by molar-refractivity contribution is 5.77. The maximum absolute atomic E-state index is 11.0. The first kappa shape index (κ1) is 20.0. The Hall–Kier alpha value is -2.33. The van der Waals surface area contributed by atoms with E-state index in [1.54, 1.807) is 13.8 Å². The van der Waals surface area contributed by atoms with Crippen molar-refractivity contribution in [2.75, 3.05) is 13.2 Å². The zero-order valence-electron chi connectivity index (χ0n) is 15.7. The molecule has 0 spiro atoms. The highest BCUT2D eigenvalue weighted by atomic mass is 16.5. The van der Waals surface area contributed by atoms with Crippen LogP contribution in [0.5, 0.6) is 5.75 Å². The molecule has 0 heterocycles. The van der Waals surface area contributed by atoms with E-state index in [0.717, 1.165) is 31.4 Å². The molecule has 2 rings (SSSR count). The Kier molecular flexibility index (Phi) is 7.67. The molecule has 0 amide bonds. The van der Waals surface area contributed by atoms with Gasteiger partial charge in [-0.2, -0.15) is 0 Å². The number of carboxylic acids is 1. The van der Waals surface area contributed by atoms with E-state index >= 15 is 0 Å². The summed E-state index contributed by atoms with van der Waals surface area (Å²) in [5.74, 6) is 0.0678. The van der Waals surface area contributed by atoms with Gasteiger partial charge in [0.1, 0.15) is 11.3 Å². The maximum Gasteiger partial charge on any atom is 0.323 e. The topological polar surface area (TPSA) is 58.6 Å². The van der Waals surface area contributed by atoms with Gasteiger partial charge in [0.2, 0.25) is 0 Å². The fraction of sp³-hybridized carbons (Fsp3) is 0.409. The van der Waals surface area contributed by atoms with Gasteiger partial charge in [0.25, 0.3) is 0 Å². The Bertz CT molecular complexity index is 666. The van der Waals surface area contributed by atoms with Gasteiger partial charge in [-0.1, -0.05) is 42.5 Å². The summed E-state index contributed by atoms with van der Waals surface area (Å²) in [6, 6.07) is 18.6. The van der Waals surface area contributed by atoms with E-state index in [1.807, 2.05) is 18.2 Å². The summed E-state index contributed by atoms with van der Waals surface area (Å²) in [6.45, 7) is 4.75. The maximum atomic E-state index is 11.0. The third-order valence-electron chi connectivity index (χ3n) is 4.39. The fourth-order valence-corrected chi connectivity index (χ4v) is 2.63. The molecule has 0 fully saturated rings. The van der Waals surface area contributed by atoms with Crippen LogP contribution in [0.25, 0.3) is 0 Å². The summed E-state index contributed by atoms with van der Waals surface area (Å²) >= 11 is 0. The predicted octanol–water partition coefficient (Wildman–Crippen LogP) is 4.08. The lowest BCUT2D eigenvalue weighted by Crippen LogP contribution is -2.47. The molecule has 2 N–H and O–H groups in total. The third kappa shape index (κ3) is 6.89. The molecule has 0 bridgehead atoms. The second kappa shape index (κ2) is 9.97. The molecule has 4 heteroatoms. The van der Waals surface area contributed by atoms with Crippen molar-refractivity contribution in [3.8, 4) is 5.75 Å². The monoisotopic (exact) mass is 355 g/mol. The van der Waals surface area contributed by atoms with Crippen molar-refractivity contribution in [1.82, 2.24) is 5.32 Å². The van der Waals surface area contributed by atoms with Crippen molar-refractivity contribution in [3.05, 3.63) is 65.7 Å². The Balaban J connectivity index is 1.64. The molecule has 0 saturated carbocycles.